The van der Waals surface area contributed by atoms with Gasteiger partial charge in [-0.2, -0.15) is 0 Å². The summed E-state index contributed by atoms with van der Waals surface area (Å²) in [7, 11) is 1.34. The van der Waals surface area contributed by atoms with Gasteiger partial charge >= 0.3 is 5.97 Å². The van der Waals surface area contributed by atoms with Gasteiger partial charge in [-0.15, -0.1) is 0 Å². The van der Waals surface area contributed by atoms with E-state index >= 15 is 0 Å². The standard InChI is InChI=1S/C24H40O3/c1-3-4-5-6-7-8-9-10-11-12-13-14-15-16-17-21-18-19-23(25)22(20-21)24(26)27-2/h18-20,25H,3-17H2,1-2H3. The number of hydrogen-bond acceptors (Lipinski definition) is 3. The van der Waals surface area contributed by atoms with E-state index in [1.807, 2.05) is 6.07 Å². The third kappa shape index (κ3) is 11.0. The van der Waals surface area contributed by atoms with E-state index in [1.165, 1.54) is 90.6 Å². The van der Waals surface area contributed by atoms with E-state index in [2.05, 4.69) is 6.92 Å². The number of unbranched alkanes of at least 4 members (excludes halogenated alkanes) is 13. The minimum atomic E-state index is -0.477. The number of carbonyl (C=O) groups is 1. The van der Waals surface area contributed by atoms with E-state index in [4.69, 9.17) is 4.74 Å². The van der Waals surface area contributed by atoms with Crippen LogP contribution in [0.5, 0.6) is 5.75 Å². The molecule has 0 saturated carbocycles. The Morgan fingerprint density at radius 1 is 0.815 bits per heavy atom. The van der Waals surface area contributed by atoms with Gasteiger partial charge in [0.25, 0.3) is 0 Å². The molecule has 0 bridgehead atoms. The minimum Gasteiger partial charge on any atom is -0.507 e. The summed E-state index contributed by atoms with van der Waals surface area (Å²) < 4.78 is 4.70. The summed E-state index contributed by atoms with van der Waals surface area (Å²) in [5.41, 5.74) is 1.35. The summed E-state index contributed by atoms with van der Waals surface area (Å²) in [5, 5.41) is 9.73. The highest BCUT2D eigenvalue weighted by Crippen LogP contribution is 2.21. The fourth-order valence-corrected chi connectivity index (χ4v) is 3.54. The van der Waals surface area contributed by atoms with Gasteiger partial charge in [0.2, 0.25) is 0 Å². The van der Waals surface area contributed by atoms with Gasteiger partial charge in [0.05, 0.1) is 7.11 Å². The molecule has 3 nitrogen and oxygen atoms in total. The summed E-state index contributed by atoms with van der Waals surface area (Å²) in [6.07, 6.45) is 19.9. The first-order valence-corrected chi connectivity index (χ1v) is 11.1. The third-order valence-corrected chi connectivity index (χ3v) is 5.29. The lowest BCUT2D eigenvalue weighted by atomic mass is 10.0. The molecule has 1 aromatic rings. The molecule has 0 aliphatic heterocycles. The van der Waals surface area contributed by atoms with Crippen LogP contribution in [0.1, 0.15) is 113 Å². The Bertz CT molecular complexity index is 510. The van der Waals surface area contributed by atoms with Gasteiger partial charge in [-0.05, 0) is 30.5 Å². The molecule has 0 amide bonds. The van der Waals surface area contributed by atoms with Gasteiger partial charge in [-0.3, -0.25) is 0 Å². The maximum absolute atomic E-state index is 11.6. The summed E-state index contributed by atoms with van der Waals surface area (Å²) in [5.74, 6) is -0.484. The highest BCUT2D eigenvalue weighted by molar-refractivity contribution is 5.92. The number of carbonyl (C=O) groups excluding carboxylic acids is 1. The zero-order chi connectivity index (χ0) is 19.7. The number of rotatable bonds is 16. The van der Waals surface area contributed by atoms with Crippen LogP contribution in [0.25, 0.3) is 0 Å². The summed E-state index contributed by atoms with van der Waals surface area (Å²) in [4.78, 5) is 11.6. The van der Waals surface area contributed by atoms with Crippen molar-refractivity contribution in [1.82, 2.24) is 0 Å². The Morgan fingerprint density at radius 3 is 1.78 bits per heavy atom. The number of phenols is 1. The fourth-order valence-electron chi connectivity index (χ4n) is 3.54. The van der Waals surface area contributed by atoms with Crippen LogP contribution in [-0.2, 0) is 11.2 Å². The van der Waals surface area contributed by atoms with Crippen molar-refractivity contribution in [2.75, 3.05) is 7.11 Å². The second kappa shape index (κ2) is 15.5. The summed E-state index contributed by atoms with van der Waals surface area (Å²) in [6, 6.07) is 5.23. The minimum absolute atomic E-state index is 0.00782. The molecule has 0 saturated heterocycles. The Hall–Kier alpha value is -1.51. The topological polar surface area (TPSA) is 46.5 Å². The molecule has 3 heteroatoms. The Morgan fingerprint density at radius 2 is 1.30 bits per heavy atom. The predicted octanol–water partition coefficient (Wildman–Crippen LogP) is 7.20. The first-order valence-electron chi connectivity index (χ1n) is 11.1. The molecule has 0 aliphatic rings. The maximum Gasteiger partial charge on any atom is 0.341 e. The SMILES string of the molecule is CCCCCCCCCCCCCCCCc1ccc(O)c(C(=O)OC)c1. The van der Waals surface area contributed by atoms with Crippen molar-refractivity contribution in [3.8, 4) is 5.75 Å². The number of esters is 1. The van der Waals surface area contributed by atoms with Gasteiger partial charge in [0, 0.05) is 0 Å². The molecule has 1 aromatic carbocycles. The predicted molar refractivity (Wildman–Crippen MR) is 113 cm³/mol. The van der Waals surface area contributed by atoms with Gasteiger partial charge in [0.1, 0.15) is 11.3 Å². The molecule has 0 atom stereocenters. The van der Waals surface area contributed by atoms with Crippen molar-refractivity contribution in [3.05, 3.63) is 29.3 Å². The number of ether oxygens (including phenoxy) is 1. The van der Waals surface area contributed by atoms with E-state index in [1.54, 1.807) is 12.1 Å². The monoisotopic (exact) mass is 376 g/mol. The molecule has 0 unspecified atom stereocenters. The number of aromatic hydroxyl groups is 1. The van der Waals surface area contributed by atoms with Crippen LogP contribution in [0.15, 0.2) is 18.2 Å². The largest absolute Gasteiger partial charge is 0.507 e. The molecule has 0 heterocycles. The average Bonchev–Trinajstić information content (AvgIpc) is 2.68. The normalized spacial score (nSPS) is 10.9. The second-order valence-electron chi connectivity index (χ2n) is 7.69. The van der Waals surface area contributed by atoms with Crippen molar-refractivity contribution in [2.24, 2.45) is 0 Å². The molecular weight excluding hydrogens is 336 g/mol. The molecular formula is C24H40O3. The third-order valence-electron chi connectivity index (χ3n) is 5.29. The second-order valence-corrected chi connectivity index (χ2v) is 7.69. The van der Waals surface area contributed by atoms with E-state index in [0.29, 0.717) is 0 Å². The van der Waals surface area contributed by atoms with Crippen LogP contribution in [0.2, 0.25) is 0 Å². The lowest BCUT2D eigenvalue weighted by Gasteiger charge is -2.07. The Balaban J connectivity index is 1.98. The van der Waals surface area contributed by atoms with Gasteiger partial charge in [0.15, 0.2) is 0 Å². The smallest absolute Gasteiger partial charge is 0.341 e. The zero-order valence-electron chi connectivity index (χ0n) is 17.6. The Kier molecular flexibility index (Phi) is 13.5. The lowest BCUT2D eigenvalue weighted by Crippen LogP contribution is -2.02. The average molecular weight is 377 g/mol. The highest BCUT2D eigenvalue weighted by atomic mass is 16.5. The van der Waals surface area contributed by atoms with Crippen molar-refractivity contribution in [1.29, 1.82) is 0 Å². The maximum atomic E-state index is 11.6. The molecule has 27 heavy (non-hydrogen) atoms. The van der Waals surface area contributed by atoms with Gasteiger partial charge in [-0.1, -0.05) is 96.5 Å². The molecule has 0 fully saturated rings. The number of benzene rings is 1. The van der Waals surface area contributed by atoms with Gasteiger partial charge < -0.3 is 9.84 Å². The van der Waals surface area contributed by atoms with E-state index in [-0.39, 0.29) is 11.3 Å². The number of aryl methyl sites for hydroxylation is 1. The summed E-state index contributed by atoms with van der Waals surface area (Å²) in [6.45, 7) is 2.27. The molecule has 1 rings (SSSR count). The van der Waals surface area contributed by atoms with Crippen molar-refractivity contribution < 1.29 is 14.6 Å². The fraction of sp³-hybridized carbons (Fsp3) is 0.708. The molecule has 0 radical (unpaired) electrons. The molecule has 0 aromatic heterocycles. The van der Waals surface area contributed by atoms with Crippen LogP contribution < -0.4 is 0 Å². The number of hydrogen-bond donors (Lipinski definition) is 1. The van der Waals surface area contributed by atoms with Crippen molar-refractivity contribution in [2.45, 2.75) is 103 Å². The Labute approximate surface area is 166 Å². The first-order chi connectivity index (χ1) is 13.2. The first kappa shape index (κ1) is 23.5. The van der Waals surface area contributed by atoms with E-state index in [9.17, 15) is 9.90 Å². The van der Waals surface area contributed by atoms with Gasteiger partial charge in [-0.25, -0.2) is 4.79 Å². The molecule has 0 aliphatic carbocycles. The van der Waals surface area contributed by atoms with Crippen LogP contribution in [-0.4, -0.2) is 18.2 Å². The lowest BCUT2D eigenvalue weighted by molar-refractivity contribution is 0.0597. The van der Waals surface area contributed by atoms with Crippen molar-refractivity contribution >= 4 is 5.97 Å². The summed E-state index contributed by atoms with van der Waals surface area (Å²) >= 11 is 0. The molecule has 0 spiro atoms. The highest BCUT2D eigenvalue weighted by Gasteiger charge is 2.11. The van der Waals surface area contributed by atoms with E-state index < -0.39 is 5.97 Å². The van der Waals surface area contributed by atoms with Crippen molar-refractivity contribution in [3.63, 3.8) is 0 Å². The number of phenolic OH excluding ortho intramolecular Hbond substituents is 1. The number of methoxy groups -OCH3 is 1. The van der Waals surface area contributed by atoms with Crippen LogP contribution in [0.4, 0.5) is 0 Å². The van der Waals surface area contributed by atoms with Crippen LogP contribution in [0, 0.1) is 0 Å². The quantitative estimate of drug-likeness (QED) is 0.245. The zero-order valence-corrected chi connectivity index (χ0v) is 17.6. The van der Waals surface area contributed by atoms with E-state index in [0.717, 1.165) is 18.4 Å². The van der Waals surface area contributed by atoms with Crippen LogP contribution in [0.3, 0.4) is 0 Å². The van der Waals surface area contributed by atoms with Crippen LogP contribution >= 0.6 is 0 Å². The molecule has 1 N–H and O–H groups in total. The molecule has 154 valence electrons.